The van der Waals surface area contributed by atoms with Gasteiger partial charge in [0.2, 0.25) is 0 Å². The van der Waals surface area contributed by atoms with Crippen LogP contribution in [-0.4, -0.2) is 36.5 Å². The van der Waals surface area contributed by atoms with E-state index in [1.807, 2.05) is 0 Å². The van der Waals surface area contributed by atoms with E-state index in [9.17, 15) is 9.90 Å². The smallest absolute Gasteiger partial charge is 0.305 e. The summed E-state index contributed by atoms with van der Waals surface area (Å²) in [4.78, 5) is 11.1. The first kappa shape index (κ1) is 17.0. The lowest BCUT2D eigenvalue weighted by Crippen LogP contribution is -2.19. The Bertz CT molecular complexity index is 447. The number of rotatable bonds is 9. The summed E-state index contributed by atoms with van der Waals surface area (Å²) >= 11 is 0. The van der Waals surface area contributed by atoms with Crippen LogP contribution in [0.1, 0.15) is 51.9 Å². The molecular formula is C19H30O4. The van der Waals surface area contributed by atoms with Gasteiger partial charge in [-0.2, -0.15) is 0 Å². The molecule has 7 atom stereocenters. The molecule has 1 N–H and O–H groups in total. The number of ether oxygens (including phenoxy) is 2. The number of esters is 1. The Morgan fingerprint density at radius 1 is 1.35 bits per heavy atom. The van der Waals surface area contributed by atoms with Gasteiger partial charge in [-0.05, 0) is 56.3 Å². The van der Waals surface area contributed by atoms with Crippen molar-refractivity contribution < 1.29 is 19.4 Å². The summed E-state index contributed by atoms with van der Waals surface area (Å²) in [6.45, 7) is 2.07. The van der Waals surface area contributed by atoms with Gasteiger partial charge in [-0.3, -0.25) is 4.79 Å². The lowest BCUT2D eigenvalue weighted by molar-refractivity contribution is -0.140. The van der Waals surface area contributed by atoms with Crippen LogP contribution in [0.15, 0.2) is 12.2 Å². The van der Waals surface area contributed by atoms with Crippen LogP contribution in [0.3, 0.4) is 0 Å². The predicted octanol–water partition coefficient (Wildman–Crippen LogP) is 3.09. The summed E-state index contributed by atoms with van der Waals surface area (Å²) in [5, 5.41) is 10.0. The molecular weight excluding hydrogens is 292 g/mol. The molecule has 0 radical (unpaired) electrons. The SMILES string of the molecule is CC[C@H](O)[C@@H]1C[C@H]1[C@@H]1C[C@@H]2O[C@@H]2[C@H]1/C=C\CCCCC(=O)OC. The number of fused-ring (bicyclic) bond motifs is 1. The minimum Gasteiger partial charge on any atom is -0.469 e. The molecule has 1 aliphatic heterocycles. The monoisotopic (exact) mass is 322 g/mol. The summed E-state index contributed by atoms with van der Waals surface area (Å²) < 4.78 is 10.4. The molecule has 4 heteroatoms. The molecule has 3 fully saturated rings. The molecule has 130 valence electrons. The first-order valence-corrected chi connectivity index (χ1v) is 9.22. The van der Waals surface area contributed by atoms with Crippen LogP contribution in [0.4, 0.5) is 0 Å². The Kier molecular flexibility index (Phi) is 5.42. The highest BCUT2D eigenvalue weighted by molar-refractivity contribution is 5.68. The number of carbonyl (C=O) groups excluding carboxylic acids is 1. The number of aliphatic hydroxyl groups is 1. The van der Waals surface area contributed by atoms with E-state index in [4.69, 9.17) is 4.74 Å². The van der Waals surface area contributed by atoms with Crippen molar-refractivity contribution >= 4 is 5.97 Å². The largest absolute Gasteiger partial charge is 0.469 e. The van der Waals surface area contributed by atoms with Crippen LogP contribution >= 0.6 is 0 Å². The second-order valence-electron chi connectivity index (χ2n) is 7.41. The highest BCUT2D eigenvalue weighted by Crippen LogP contribution is 2.59. The molecule has 2 aliphatic carbocycles. The van der Waals surface area contributed by atoms with E-state index in [2.05, 4.69) is 23.8 Å². The van der Waals surface area contributed by atoms with E-state index < -0.39 is 0 Å². The number of carbonyl (C=O) groups is 1. The average Bonchev–Trinajstić information content (AvgIpc) is 3.47. The van der Waals surface area contributed by atoms with Gasteiger partial charge < -0.3 is 14.6 Å². The standard InChI is InChI=1S/C19H30O4/c1-3-16(20)15-10-13(15)14-11-17-19(23-17)12(14)8-6-4-5-7-9-18(21)22-2/h6,8,12-17,19-20H,3-5,7,9-11H2,1-2H3/b8-6-/t12-,13-,14+,15+,16-,17-,19+/m0/s1. The van der Waals surface area contributed by atoms with E-state index >= 15 is 0 Å². The first-order chi connectivity index (χ1) is 11.2. The highest BCUT2D eigenvalue weighted by atomic mass is 16.6. The Hall–Kier alpha value is -0.870. The van der Waals surface area contributed by atoms with Crippen LogP contribution in [0.2, 0.25) is 0 Å². The lowest BCUT2D eigenvalue weighted by atomic mass is 9.88. The number of methoxy groups -OCH3 is 1. The van der Waals surface area contributed by atoms with Gasteiger partial charge in [0.15, 0.2) is 0 Å². The quantitative estimate of drug-likeness (QED) is 0.307. The van der Waals surface area contributed by atoms with E-state index in [1.54, 1.807) is 0 Å². The van der Waals surface area contributed by atoms with Gasteiger partial charge >= 0.3 is 5.97 Å². The molecule has 0 amide bonds. The fourth-order valence-electron chi connectivity index (χ4n) is 4.43. The van der Waals surface area contributed by atoms with E-state index in [0.717, 1.165) is 25.7 Å². The van der Waals surface area contributed by atoms with E-state index in [-0.39, 0.29) is 12.1 Å². The van der Waals surface area contributed by atoms with Crippen molar-refractivity contribution in [2.45, 2.75) is 70.2 Å². The Labute approximate surface area is 139 Å². The summed E-state index contributed by atoms with van der Waals surface area (Å²) in [6.07, 6.45) is 12.1. The number of allylic oxidation sites excluding steroid dienone is 1. The first-order valence-electron chi connectivity index (χ1n) is 9.22. The molecule has 0 bridgehead atoms. The van der Waals surface area contributed by atoms with Crippen molar-refractivity contribution in [3.63, 3.8) is 0 Å². The topological polar surface area (TPSA) is 59.1 Å². The van der Waals surface area contributed by atoms with Crippen LogP contribution in [-0.2, 0) is 14.3 Å². The number of epoxide rings is 1. The number of unbranched alkanes of at least 4 members (excludes halogenated alkanes) is 2. The molecule has 0 aromatic rings. The minimum absolute atomic E-state index is 0.110. The number of hydrogen-bond donors (Lipinski definition) is 1. The summed E-state index contributed by atoms with van der Waals surface area (Å²) in [7, 11) is 1.44. The molecule has 1 saturated heterocycles. The Balaban J connectivity index is 1.41. The second-order valence-corrected chi connectivity index (χ2v) is 7.41. The van der Waals surface area contributed by atoms with Crippen molar-refractivity contribution in [1.82, 2.24) is 0 Å². The van der Waals surface area contributed by atoms with Gasteiger partial charge in [-0.15, -0.1) is 0 Å². The van der Waals surface area contributed by atoms with Gasteiger partial charge in [0.1, 0.15) is 0 Å². The van der Waals surface area contributed by atoms with Crippen LogP contribution in [0.5, 0.6) is 0 Å². The minimum atomic E-state index is -0.117. The summed E-state index contributed by atoms with van der Waals surface area (Å²) in [5.41, 5.74) is 0. The molecule has 3 rings (SSSR count). The van der Waals surface area contributed by atoms with Gasteiger partial charge in [-0.25, -0.2) is 0 Å². The number of hydrogen-bond acceptors (Lipinski definition) is 4. The third kappa shape index (κ3) is 3.97. The zero-order chi connectivity index (χ0) is 16.4. The molecule has 0 unspecified atom stereocenters. The van der Waals surface area contributed by atoms with Crippen molar-refractivity contribution in [1.29, 1.82) is 0 Å². The van der Waals surface area contributed by atoms with E-state index in [0.29, 0.717) is 42.3 Å². The third-order valence-electron chi connectivity index (χ3n) is 5.94. The van der Waals surface area contributed by atoms with Gasteiger partial charge in [0.25, 0.3) is 0 Å². The van der Waals surface area contributed by atoms with Crippen molar-refractivity contribution in [2.75, 3.05) is 7.11 Å². The van der Waals surface area contributed by atoms with Gasteiger partial charge in [0.05, 0.1) is 25.4 Å². The fraction of sp³-hybridized carbons (Fsp3) is 0.842. The molecule has 0 aromatic heterocycles. The molecule has 0 aromatic carbocycles. The second kappa shape index (κ2) is 7.35. The average molecular weight is 322 g/mol. The molecule has 2 saturated carbocycles. The van der Waals surface area contributed by atoms with Crippen molar-refractivity contribution in [3.05, 3.63) is 12.2 Å². The molecule has 3 aliphatic rings. The maximum Gasteiger partial charge on any atom is 0.305 e. The van der Waals surface area contributed by atoms with Crippen molar-refractivity contribution in [3.8, 4) is 0 Å². The third-order valence-corrected chi connectivity index (χ3v) is 5.94. The molecule has 1 heterocycles. The molecule has 0 spiro atoms. The summed E-state index contributed by atoms with van der Waals surface area (Å²) in [6, 6.07) is 0. The number of aliphatic hydroxyl groups excluding tert-OH is 1. The molecule has 23 heavy (non-hydrogen) atoms. The maximum atomic E-state index is 11.1. The highest BCUT2D eigenvalue weighted by Gasteiger charge is 2.60. The normalized spacial score (nSPS) is 39.3. The van der Waals surface area contributed by atoms with Crippen molar-refractivity contribution in [2.24, 2.45) is 23.7 Å². The maximum absolute atomic E-state index is 11.1. The molecule has 4 nitrogen and oxygen atoms in total. The summed E-state index contributed by atoms with van der Waals surface area (Å²) in [5.74, 6) is 2.36. The van der Waals surface area contributed by atoms with Crippen LogP contribution < -0.4 is 0 Å². The Morgan fingerprint density at radius 2 is 2.17 bits per heavy atom. The van der Waals surface area contributed by atoms with Crippen LogP contribution in [0.25, 0.3) is 0 Å². The predicted molar refractivity (Wildman–Crippen MR) is 87.8 cm³/mol. The lowest BCUT2D eigenvalue weighted by Gasteiger charge is -2.20. The van der Waals surface area contributed by atoms with Crippen LogP contribution in [0, 0.1) is 23.7 Å². The fourth-order valence-corrected chi connectivity index (χ4v) is 4.43. The van der Waals surface area contributed by atoms with Gasteiger partial charge in [-0.1, -0.05) is 19.1 Å². The van der Waals surface area contributed by atoms with E-state index in [1.165, 1.54) is 20.0 Å². The van der Waals surface area contributed by atoms with Gasteiger partial charge in [0, 0.05) is 12.3 Å². The zero-order valence-corrected chi connectivity index (χ0v) is 14.3. The zero-order valence-electron chi connectivity index (χ0n) is 14.3. The Morgan fingerprint density at radius 3 is 2.91 bits per heavy atom.